The fraction of sp³-hybridized carbons (Fsp3) is 0. The van der Waals surface area contributed by atoms with Crippen LogP contribution in [0.3, 0.4) is 0 Å². The number of para-hydroxylation sites is 3. The second-order valence-corrected chi connectivity index (χ2v) is 6.32. The fourth-order valence-corrected chi connectivity index (χ4v) is 3.55. The van der Waals surface area contributed by atoms with Crippen molar-refractivity contribution in [3.8, 4) is 22.6 Å². The van der Waals surface area contributed by atoms with E-state index < -0.39 is 0 Å². The third kappa shape index (κ3) is 2.75. The first-order chi connectivity index (χ1) is 11.8. The molecule has 0 saturated heterocycles. The first-order valence-electron chi connectivity index (χ1n) is 7.69. The molecule has 0 bridgehead atoms. The number of aromatic hydroxyl groups is 1. The van der Waals surface area contributed by atoms with Gasteiger partial charge in [-0.05, 0) is 29.7 Å². The lowest BCUT2D eigenvalue weighted by Crippen LogP contribution is -1.89. The topological polar surface area (TPSA) is 34.4 Å². The summed E-state index contributed by atoms with van der Waals surface area (Å²) in [6, 6.07) is 25.4. The second kappa shape index (κ2) is 6.38. The van der Waals surface area contributed by atoms with Gasteiger partial charge >= 0.3 is 0 Å². The first-order valence-corrected chi connectivity index (χ1v) is 8.55. The maximum atomic E-state index is 10.1. The van der Waals surface area contributed by atoms with Gasteiger partial charge in [-0.3, -0.25) is 4.34 Å². The van der Waals surface area contributed by atoms with E-state index in [1.54, 1.807) is 6.07 Å². The summed E-state index contributed by atoms with van der Waals surface area (Å²) in [5.41, 5.74) is 2.81. The summed E-state index contributed by atoms with van der Waals surface area (Å²) in [5, 5.41) is 11.3. The van der Waals surface area contributed by atoms with E-state index in [1.807, 2.05) is 60.8 Å². The zero-order valence-electron chi connectivity index (χ0n) is 12.9. The summed E-state index contributed by atoms with van der Waals surface area (Å²) >= 11 is 0. The highest BCUT2D eigenvalue weighted by atomic mass is 31.1. The highest BCUT2D eigenvalue weighted by molar-refractivity contribution is 7.31. The fourth-order valence-electron chi connectivity index (χ4n) is 2.74. The van der Waals surface area contributed by atoms with Crippen LogP contribution >= 0.6 is 8.96 Å². The molecule has 1 aromatic heterocycles. The molecule has 4 heteroatoms. The second-order valence-electron chi connectivity index (χ2n) is 5.45. The quantitative estimate of drug-likeness (QED) is 0.504. The van der Waals surface area contributed by atoms with Crippen LogP contribution in [0.25, 0.3) is 22.0 Å². The Bertz CT molecular complexity index is 994. The molecule has 0 aliphatic rings. The highest BCUT2D eigenvalue weighted by Crippen LogP contribution is 2.38. The van der Waals surface area contributed by atoms with Crippen LogP contribution in [-0.2, 0) is 0 Å². The Morgan fingerprint density at radius 1 is 0.750 bits per heavy atom. The van der Waals surface area contributed by atoms with Crippen molar-refractivity contribution in [1.82, 2.24) is 4.34 Å². The Balaban J connectivity index is 1.65. The molecule has 0 saturated carbocycles. The highest BCUT2D eigenvalue weighted by Gasteiger charge is 2.10. The van der Waals surface area contributed by atoms with Gasteiger partial charge in [-0.15, -0.1) is 0 Å². The first kappa shape index (κ1) is 14.8. The number of nitrogens with zero attached hydrogens (tertiary/aromatic N) is 1. The van der Waals surface area contributed by atoms with Crippen molar-refractivity contribution in [2.75, 3.05) is 0 Å². The smallest absolute Gasteiger partial charge is 0.181 e. The van der Waals surface area contributed by atoms with Gasteiger partial charge in [-0.1, -0.05) is 54.6 Å². The van der Waals surface area contributed by atoms with E-state index in [4.69, 9.17) is 4.52 Å². The van der Waals surface area contributed by atoms with Gasteiger partial charge in [0.05, 0.1) is 5.52 Å². The molecule has 0 fully saturated rings. The van der Waals surface area contributed by atoms with Crippen LogP contribution in [0.4, 0.5) is 0 Å². The predicted octanol–water partition coefficient (Wildman–Crippen LogP) is 5.45. The number of aromatic nitrogens is 1. The lowest BCUT2D eigenvalue weighted by atomic mass is 10.0. The van der Waals surface area contributed by atoms with Crippen LogP contribution < -0.4 is 4.52 Å². The average Bonchev–Trinajstić information content (AvgIpc) is 3.04. The molecule has 1 unspecified atom stereocenters. The zero-order valence-corrected chi connectivity index (χ0v) is 13.9. The van der Waals surface area contributed by atoms with Crippen LogP contribution in [0.5, 0.6) is 11.5 Å². The Hall–Kier alpha value is -2.77. The van der Waals surface area contributed by atoms with Crippen molar-refractivity contribution < 1.29 is 9.63 Å². The average molecular weight is 333 g/mol. The SMILES string of the molecule is Oc1ccccc1-c1ccccc1OPn1ccc2ccccc21. The van der Waals surface area contributed by atoms with Crippen molar-refractivity contribution in [2.45, 2.75) is 0 Å². The van der Waals surface area contributed by atoms with Crippen LogP contribution in [-0.4, -0.2) is 9.44 Å². The molecule has 118 valence electrons. The summed E-state index contributed by atoms with van der Waals surface area (Å²) < 4.78 is 8.17. The summed E-state index contributed by atoms with van der Waals surface area (Å²) in [5.74, 6) is 1.01. The van der Waals surface area contributed by atoms with Gasteiger partial charge in [0.1, 0.15) is 11.5 Å². The van der Waals surface area contributed by atoms with Crippen molar-refractivity contribution >= 4 is 19.9 Å². The van der Waals surface area contributed by atoms with E-state index in [0.29, 0.717) is 0 Å². The van der Waals surface area contributed by atoms with E-state index in [0.717, 1.165) is 22.4 Å². The van der Waals surface area contributed by atoms with E-state index >= 15 is 0 Å². The zero-order chi connectivity index (χ0) is 16.4. The van der Waals surface area contributed by atoms with Crippen molar-refractivity contribution in [2.24, 2.45) is 0 Å². The molecule has 0 aliphatic heterocycles. The molecular weight excluding hydrogens is 317 g/mol. The minimum Gasteiger partial charge on any atom is -0.507 e. The Morgan fingerprint density at radius 2 is 1.46 bits per heavy atom. The number of hydrogen-bond acceptors (Lipinski definition) is 2. The summed E-state index contributed by atoms with van der Waals surface area (Å²) in [6.45, 7) is 0. The number of fused-ring (bicyclic) bond motifs is 1. The molecular formula is C20H16NO2P. The molecule has 0 spiro atoms. The molecule has 0 amide bonds. The van der Waals surface area contributed by atoms with Gasteiger partial charge in [-0.2, -0.15) is 0 Å². The molecule has 0 aliphatic carbocycles. The normalized spacial score (nSPS) is 11.3. The molecule has 1 atom stereocenters. The Labute approximate surface area is 142 Å². The van der Waals surface area contributed by atoms with Crippen molar-refractivity contribution in [3.05, 3.63) is 85.1 Å². The largest absolute Gasteiger partial charge is 0.507 e. The van der Waals surface area contributed by atoms with Crippen molar-refractivity contribution in [3.63, 3.8) is 0 Å². The molecule has 3 aromatic carbocycles. The maximum Gasteiger partial charge on any atom is 0.181 e. The van der Waals surface area contributed by atoms with Crippen LogP contribution in [0.15, 0.2) is 85.1 Å². The minimum atomic E-state index is 0.133. The van der Waals surface area contributed by atoms with E-state index in [1.165, 1.54) is 5.39 Å². The minimum absolute atomic E-state index is 0.133. The number of phenolic OH excluding ortho intramolecular Hbond substituents is 1. The Morgan fingerprint density at radius 3 is 2.33 bits per heavy atom. The van der Waals surface area contributed by atoms with Gasteiger partial charge < -0.3 is 9.63 Å². The van der Waals surface area contributed by atoms with E-state index in [2.05, 4.69) is 22.5 Å². The molecule has 24 heavy (non-hydrogen) atoms. The third-order valence-corrected chi connectivity index (χ3v) is 4.83. The number of phenols is 1. The van der Waals surface area contributed by atoms with Crippen LogP contribution in [0.1, 0.15) is 0 Å². The third-order valence-electron chi connectivity index (χ3n) is 3.93. The van der Waals surface area contributed by atoms with Gasteiger partial charge in [0.2, 0.25) is 0 Å². The summed E-state index contributed by atoms with van der Waals surface area (Å²) in [4.78, 5) is 0. The number of benzene rings is 3. The molecule has 4 rings (SSSR count). The van der Waals surface area contributed by atoms with Crippen molar-refractivity contribution in [1.29, 1.82) is 0 Å². The molecule has 4 aromatic rings. The van der Waals surface area contributed by atoms with Crippen LogP contribution in [0, 0.1) is 0 Å². The van der Waals surface area contributed by atoms with Crippen LogP contribution in [0.2, 0.25) is 0 Å². The Kier molecular flexibility index (Phi) is 3.94. The predicted molar refractivity (Wildman–Crippen MR) is 99.8 cm³/mol. The van der Waals surface area contributed by atoms with E-state index in [9.17, 15) is 5.11 Å². The molecule has 1 N–H and O–H groups in total. The van der Waals surface area contributed by atoms with Gasteiger partial charge in [0, 0.05) is 17.3 Å². The molecule has 0 radical (unpaired) electrons. The number of hydrogen-bond donors (Lipinski definition) is 1. The maximum absolute atomic E-state index is 10.1. The summed E-state index contributed by atoms with van der Waals surface area (Å²) in [7, 11) is 0.133. The van der Waals surface area contributed by atoms with E-state index in [-0.39, 0.29) is 14.7 Å². The lowest BCUT2D eigenvalue weighted by molar-refractivity contribution is 0.477. The van der Waals surface area contributed by atoms with Gasteiger partial charge in [-0.25, -0.2) is 0 Å². The standard InChI is InChI=1S/C20H16NO2P/c22-19-11-5-2-8-16(19)17-9-3-6-12-20(17)23-24-21-14-13-15-7-1-4-10-18(15)21/h1-14,22,24H. The lowest BCUT2D eigenvalue weighted by Gasteiger charge is -2.13. The van der Waals surface area contributed by atoms with Gasteiger partial charge in [0.15, 0.2) is 8.96 Å². The van der Waals surface area contributed by atoms with Gasteiger partial charge in [0.25, 0.3) is 0 Å². The molecule has 3 nitrogen and oxygen atoms in total. The monoisotopic (exact) mass is 333 g/mol. The summed E-state index contributed by atoms with van der Waals surface area (Å²) in [6.07, 6.45) is 2.03. The number of rotatable bonds is 4. The molecule has 1 heterocycles.